The molecule has 0 saturated heterocycles. The second kappa shape index (κ2) is 1.23. The highest BCUT2D eigenvalue weighted by atomic mass is 32.2. The highest BCUT2D eigenvalue weighted by molar-refractivity contribution is 7.95. The molecule has 0 radical (unpaired) electrons. The molecule has 0 aromatic carbocycles. The summed E-state index contributed by atoms with van der Waals surface area (Å²) in [4.78, 5) is 0. The van der Waals surface area contributed by atoms with Gasteiger partial charge < -0.3 is 5.32 Å². The van der Waals surface area contributed by atoms with E-state index in [1.165, 1.54) is 5.41 Å². The first-order chi connectivity index (χ1) is 3.21. The highest BCUT2D eigenvalue weighted by Gasteiger charge is 2.02. The molecule has 0 bridgehead atoms. The minimum absolute atomic E-state index is 0.285. The Kier molecular flexibility index (Phi) is 0.815. The van der Waals surface area contributed by atoms with Gasteiger partial charge in [-0.2, -0.15) is 0 Å². The van der Waals surface area contributed by atoms with Crippen LogP contribution in [0.5, 0.6) is 0 Å². The number of nitrogens with one attached hydrogen (secondary N) is 2. The maximum atomic E-state index is 10.5. The summed E-state index contributed by atoms with van der Waals surface area (Å²) in [6, 6.07) is 0. The van der Waals surface area contributed by atoms with Crippen molar-refractivity contribution in [2.24, 2.45) is 0 Å². The molecule has 1 aliphatic rings. The Labute approximate surface area is 42.4 Å². The lowest BCUT2D eigenvalue weighted by Gasteiger charge is -1.87. The number of rotatable bonds is 0. The fourth-order valence-electron chi connectivity index (χ4n) is 0.378. The van der Waals surface area contributed by atoms with E-state index in [1.807, 2.05) is 0 Å². The predicted octanol–water partition coefficient (Wildman–Crippen LogP) is 0.0651. The van der Waals surface area contributed by atoms with Gasteiger partial charge in [0.05, 0.1) is 9.73 Å². The summed E-state index contributed by atoms with van der Waals surface area (Å²) in [5, 5.41) is 4.05. The highest BCUT2D eigenvalue weighted by Crippen LogP contribution is 1.95. The summed E-state index contributed by atoms with van der Waals surface area (Å²) in [6.45, 7) is 0. The summed E-state index contributed by atoms with van der Waals surface area (Å²) in [6.07, 6.45) is 1.55. The first-order valence-electron chi connectivity index (χ1n) is 1.87. The molecule has 1 aliphatic heterocycles. The van der Waals surface area contributed by atoms with Gasteiger partial charge in [-0.25, -0.2) is 8.99 Å². The van der Waals surface area contributed by atoms with Crippen LogP contribution in [0.15, 0.2) is 11.6 Å². The van der Waals surface area contributed by atoms with Crippen LogP contribution in [0.25, 0.3) is 0 Å². The smallest absolute Gasteiger partial charge is 0.103 e. The van der Waals surface area contributed by atoms with E-state index in [9.17, 15) is 4.21 Å². The zero-order valence-corrected chi connectivity index (χ0v) is 4.49. The Morgan fingerprint density at radius 1 is 1.86 bits per heavy atom. The molecule has 0 saturated carbocycles. The standard InChI is InChI=1S/C3H6N2OS/c4-7(6)2-1-5-3-7/h1-2,4-5H,3H2. The van der Waals surface area contributed by atoms with Gasteiger partial charge in [0.1, 0.15) is 5.88 Å². The van der Waals surface area contributed by atoms with Crippen LogP contribution in [0.4, 0.5) is 0 Å². The molecule has 4 heteroatoms. The second-order valence-electron chi connectivity index (χ2n) is 1.38. The van der Waals surface area contributed by atoms with Crippen molar-refractivity contribution in [3.05, 3.63) is 11.6 Å². The SMILES string of the molecule is N=S1(=O)C=CNC1. The molecule has 0 spiro atoms. The Morgan fingerprint density at radius 3 is 2.71 bits per heavy atom. The third-order valence-corrected chi connectivity index (χ3v) is 1.87. The van der Waals surface area contributed by atoms with Crippen molar-refractivity contribution >= 4 is 9.73 Å². The topological polar surface area (TPSA) is 53.0 Å². The van der Waals surface area contributed by atoms with Gasteiger partial charge in [0, 0.05) is 11.6 Å². The van der Waals surface area contributed by atoms with E-state index < -0.39 is 9.73 Å². The third kappa shape index (κ3) is 0.928. The molecule has 0 aromatic rings. The van der Waals surface area contributed by atoms with Crippen LogP contribution < -0.4 is 5.32 Å². The van der Waals surface area contributed by atoms with Gasteiger partial charge in [-0.05, 0) is 0 Å². The van der Waals surface area contributed by atoms with Crippen LogP contribution in [0.2, 0.25) is 0 Å². The maximum absolute atomic E-state index is 10.5. The van der Waals surface area contributed by atoms with E-state index in [1.54, 1.807) is 6.20 Å². The fourth-order valence-corrected chi connectivity index (χ4v) is 1.13. The van der Waals surface area contributed by atoms with Crippen LogP contribution in [-0.4, -0.2) is 10.1 Å². The summed E-state index contributed by atoms with van der Waals surface area (Å²) >= 11 is 0. The molecule has 1 atom stereocenters. The molecule has 1 heterocycles. The van der Waals surface area contributed by atoms with Crippen molar-refractivity contribution < 1.29 is 4.21 Å². The van der Waals surface area contributed by atoms with Crippen LogP contribution in [0.1, 0.15) is 0 Å². The first kappa shape index (κ1) is 4.64. The zero-order chi connectivity index (χ0) is 5.33. The van der Waals surface area contributed by atoms with Crippen molar-refractivity contribution in [3.8, 4) is 0 Å². The molecule has 2 N–H and O–H groups in total. The summed E-state index contributed by atoms with van der Waals surface area (Å²) < 4.78 is 17.4. The average Bonchev–Trinajstić information content (AvgIpc) is 1.84. The van der Waals surface area contributed by atoms with Crippen molar-refractivity contribution in [3.63, 3.8) is 0 Å². The van der Waals surface area contributed by atoms with Gasteiger partial charge >= 0.3 is 0 Å². The first-order valence-corrected chi connectivity index (χ1v) is 3.66. The quantitative estimate of drug-likeness (QED) is 0.472. The lowest BCUT2D eigenvalue weighted by molar-refractivity contribution is 0.680. The molecule has 40 valence electrons. The van der Waals surface area contributed by atoms with Gasteiger partial charge in [0.15, 0.2) is 0 Å². The van der Waals surface area contributed by atoms with Gasteiger partial charge in [-0.3, -0.25) is 0 Å². The van der Waals surface area contributed by atoms with Crippen molar-refractivity contribution in [2.45, 2.75) is 0 Å². The lowest BCUT2D eigenvalue weighted by atomic mass is 11.0. The molecule has 0 aromatic heterocycles. The Morgan fingerprint density at radius 2 is 2.57 bits per heavy atom. The molecule has 0 amide bonds. The normalized spacial score (nSPS) is 38.3. The molecule has 0 fully saturated rings. The molecule has 3 nitrogen and oxygen atoms in total. The molecular weight excluding hydrogens is 112 g/mol. The van der Waals surface area contributed by atoms with Crippen LogP contribution in [0, 0.1) is 4.78 Å². The van der Waals surface area contributed by atoms with E-state index in [0.29, 0.717) is 0 Å². The van der Waals surface area contributed by atoms with Crippen LogP contribution >= 0.6 is 0 Å². The summed E-state index contributed by atoms with van der Waals surface area (Å²) in [7, 11) is -2.34. The number of hydrogen-bond donors (Lipinski definition) is 2. The Hall–Kier alpha value is -0.510. The zero-order valence-electron chi connectivity index (χ0n) is 3.68. The van der Waals surface area contributed by atoms with Crippen LogP contribution in [0.3, 0.4) is 0 Å². The minimum Gasteiger partial charge on any atom is -0.378 e. The third-order valence-electron chi connectivity index (χ3n) is 0.703. The van der Waals surface area contributed by atoms with E-state index in [2.05, 4.69) is 5.32 Å². The van der Waals surface area contributed by atoms with Gasteiger partial charge in [0.25, 0.3) is 0 Å². The van der Waals surface area contributed by atoms with Crippen LogP contribution in [-0.2, 0) is 9.73 Å². The molecule has 1 rings (SSSR count). The van der Waals surface area contributed by atoms with Gasteiger partial charge in [0.2, 0.25) is 0 Å². The van der Waals surface area contributed by atoms with E-state index in [-0.39, 0.29) is 5.88 Å². The van der Waals surface area contributed by atoms with E-state index >= 15 is 0 Å². The molecule has 0 aliphatic carbocycles. The summed E-state index contributed by atoms with van der Waals surface area (Å²) in [5.74, 6) is 0.285. The van der Waals surface area contributed by atoms with Gasteiger partial charge in [-0.15, -0.1) is 0 Å². The molecule has 7 heavy (non-hydrogen) atoms. The molecular formula is C3H6N2OS. The van der Waals surface area contributed by atoms with Gasteiger partial charge in [-0.1, -0.05) is 0 Å². The number of hydrogen-bond acceptors (Lipinski definition) is 3. The Bertz CT molecular complexity index is 179. The predicted molar refractivity (Wildman–Crippen MR) is 28.0 cm³/mol. The fraction of sp³-hybridized carbons (Fsp3) is 0.333. The minimum atomic E-state index is -2.34. The van der Waals surface area contributed by atoms with Crippen molar-refractivity contribution in [1.82, 2.24) is 5.32 Å². The monoisotopic (exact) mass is 118 g/mol. The van der Waals surface area contributed by atoms with E-state index in [0.717, 1.165) is 0 Å². The lowest BCUT2D eigenvalue weighted by Crippen LogP contribution is -2.05. The maximum Gasteiger partial charge on any atom is 0.103 e. The van der Waals surface area contributed by atoms with E-state index in [4.69, 9.17) is 4.78 Å². The van der Waals surface area contributed by atoms with Crippen molar-refractivity contribution in [1.29, 1.82) is 4.78 Å². The van der Waals surface area contributed by atoms with Crippen molar-refractivity contribution in [2.75, 3.05) is 5.88 Å². The Balaban J connectivity index is 2.99. The largest absolute Gasteiger partial charge is 0.378 e. The second-order valence-corrected chi connectivity index (χ2v) is 3.39. The summed E-state index contributed by atoms with van der Waals surface area (Å²) in [5.41, 5.74) is 0. The molecule has 1 unspecified atom stereocenters. The average molecular weight is 118 g/mol.